The third-order valence-electron chi connectivity index (χ3n) is 6.56. The number of aryl methyl sites for hydroxylation is 2. The summed E-state index contributed by atoms with van der Waals surface area (Å²) in [6.45, 7) is 3.44. The van der Waals surface area contributed by atoms with E-state index >= 15 is 0 Å². The zero-order valence-corrected chi connectivity index (χ0v) is 20.9. The van der Waals surface area contributed by atoms with Crippen LogP contribution < -0.4 is 5.32 Å². The molecule has 3 aromatic rings. The summed E-state index contributed by atoms with van der Waals surface area (Å²) in [4.78, 5) is 14.0. The van der Waals surface area contributed by atoms with Crippen LogP contribution in [0.3, 0.4) is 0 Å². The van der Waals surface area contributed by atoms with Gasteiger partial charge < -0.3 is 9.88 Å². The molecule has 0 spiro atoms. The molecule has 0 bridgehead atoms. The van der Waals surface area contributed by atoms with Crippen LogP contribution in [0, 0.1) is 12.8 Å². The zero-order chi connectivity index (χ0) is 23.7. The summed E-state index contributed by atoms with van der Waals surface area (Å²) in [5.41, 5.74) is 1.60. The van der Waals surface area contributed by atoms with E-state index < -0.39 is 15.9 Å². The Morgan fingerprint density at radius 2 is 1.97 bits per heavy atom. The molecule has 2 aliphatic heterocycles. The second-order valence-corrected chi connectivity index (χ2v) is 12.5. The quantitative estimate of drug-likeness (QED) is 0.571. The van der Waals surface area contributed by atoms with Gasteiger partial charge in [0.2, 0.25) is 5.91 Å². The minimum atomic E-state index is -3.57. The number of aromatic nitrogens is 3. The molecule has 1 unspecified atom stereocenters. The predicted octanol–water partition coefficient (Wildman–Crippen LogP) is 4.08. The molecule has 1 N–H and O–H groups in total. The number of nitrogens with one attached hydrogen (secondary N) is 1. The average Bonchev–Trinajstić information content (AvgIpc) is 3.39. The van der Waals surface area contributed by atoms with Crippen molar-refractivity contribution >= 4 is 33.0 Å². The number of thiophene rings is 1. The first-order chi connectivity index (χ1) is 16.4. The Balaban J connectivity index is 1.30. The number of fused-ring (bicyclic) bond motifs is 1. The first kappa shape index (κ1) is 23.2. The molecule has 8 nitrogen and oxygen atoms in total. The van der Waals surface area contributed by atoms with Gasteiger partial charge in [-0.15, -0.1) is 21.5 Å². The van der Waals surface area contributed by atoms with Gasteiger partial charge in [0.1, 0.15) is 10.0 Å². The highest BCUT2D eigenvalue weighted by atomic mass is 32.2. The van der Waals surface area contributed by atoms with Gasteiger partial charge in [0.15, 0.2) is 5.82 Å². The largest absolute Gasteiger partial charge is 0.326 e. The maximum atomic E-state index is 13.1. The number of anilines is 1. The summed E-state index contributed by atoms with van der Waals surface area (Å²) in [5.74, 6) is 1.30. The van der Waals surface area contributed by atoms with Gasteiger partial charge in [-0.2, -0.15) is 4.31 Å². The van der Waals surface area contributed by atoms with E-state index in [9.17, 15) is 13.2 Å². The number of carbonyl (C=O) groups is 1. The Morgan fingerprint density at radius 1 is 1.09 bits per heavy atom. The van der Waals surface area contributed by atoms with Crippen molar-refractivity contribution in [3.63, 3.8) is 0 Å². The van der Waals surface area contributed by atoms with Crippen molar-refractivity contribution in [2.24, 2.45) is 5.92 Å². The minimum absolute atomic E-state index is 0.153. The number of rotatable bonds is 5. The maximum Gasteiger partial charge on any atom is 0.252 e. The van der Waals surface area contributed by atoms with E-state index in [1.807, 2.05) is 37.3 Å². The summed E-state index contributed by atoms with van der Waals surface area (Å²) >= 11 is 1.27. The first-order valence-electron chi connectivity index (χ1n) is 11.8. The van der Waals surface area contributed by atoms with Crippen LogP contribution in [0.5, 0.6) is 0 Å². The van der Waals surface area contributed by atoms with Gasteiger partial charge in [0.05, 0.1) is 5.92 Å². The lowest BCUT2D eigenvalue weighted by atomic mass is 9.98. The van der Waals surface area contributed by atoms with E-state index in [-0.39, 0.29) is 12.5 Å². The molecule has 0 aliphatic carbocycles. The van der Waals surface area contributed by atoms with Crippen LogP contribution in [0.15, 0.2) is 40.6 Å². The second kappa shape index (κ2) is 9.59. The molecule has 1 saturated heterocycles. The molecule has 180 valence electrons. The third kappa shape index (κ3) is 4.67. The Kier molecular flexibility index (Phi) is 6.54. The zero-order valence-electron chi connectivity index (χ0n) is 19.2. The minimum Gasteiger partial charge on any atom is -0.326 e. The van der Waals surface area contributed by atoms with Crippen LogP contribution in [-0.2, 0) is 27.8 Å². The summed E-state index contributed by atoms with van der Waals surface area (Å²) in [7, 11) is -3.57. The molecule has 2 aliphatic rings. The number of benzene rings is 1. The molecule has 2 aromatic heterocycles. The third-order valence-corrected chi connectivity index (χ3v) is 9.90. The molecule has 1 fully saturated rings. The average molecular weight is 500 g/mol. The number of sulfonamides is 1. The number of hydrogen-bond donors (Lipinski definition) is 1. The lowest BCUT2D eigenvalue weighted by Crippen LogP contribution is -2.43. The number of hydrogen-bond acceptors (Lipinski definition) is 6. The van der Waals surface area contributed by atoms with Crippen molar-refractivity contribution in [1.29, 1.82) is 0 Å². The van der Waals surface area contributed by atoms with Gasteiger partial charge >= 0.3 is 0 Å². The number of piperidine rings is 1. The Labute approximate surface area is 204 Å². The highest BCUT2D eigenvalue weighted by molar-refractivity contribution is 7.91. The van der Waals surface area contributed by atoms with E-state index in [0.717, 1.165) is 47.9 Å². The highest BCUT2D eigenvalue weighted by Crippen LogP contribution is 2.29. The van der Waals surface area contributed by atoms with Crippen molar-refractivity contribution in [3.8, 4) is 11.4 Å². The Bertz CT molecular complexity index is 1300. The van der Waals surface area contributed by atoms with Crippen LogP contribution in [0.1, 0.15) is 42.8 Å². The van der Waals surface area contributed by atoms with E-state index in [0.29, 0.717) is 29.3 Å². The van der Waals surface area contributed by atoms with Gasteiger partial charge in [0.25, 0.3) is 10.0 Å². The molecule has 1 atom stereocenters. The molecule has 34 heavy (non-hydrogen) atoms. The smallest absolute Gasteiger partial charge is 0.252 e. The predicted molar refractivity (Wildman–Crippen MR) is 132 cm³/mol. The number of carbonyl (C=O) groups excluding carboxylic acids is 1. The lowest BCUT2D eigenvalue weighted by Gasteiger charge is -2.30. The van der Waals surface area contributed by atoms with Gasteiger partial charge in [-0.1, -0.05) is 18.6 Å². The highest BCUT2D eigenvalue weighted by Gasteiger charge is 2.34. The summed E-state index contributed by atoms with van der Waals surface area (Å²) < 4.78 is 30.0. The molecular weight excluding hydrogens is 470 g/mol. The molecule has 1 aromatic carbocycles. The second-order valence-electron chi connectivity index (χ2n) is 9.04. The van der Waals surface area contributed by atoms with Crippen LogP contribution in [0.4, 0.5) is 5.69 Å². The summed E-state index contributed by atoms with van der Waals surface area (Å²) in [5, 5.41) is 11.8. The normalized spacial score (nSPS) is 19.4. The van der Waals surface area contributed by atoms with Crippen molar-refractivity contribution in [2.75, 3.05) is 18.4 Å². The van der Waals surface area contributed by atoms with Crippen LogP contribution in [0.25, 0.3) is 11.4 Å². The van der Waals surface area contributed by atoms with Crippen molar-refractivity contribution in [2.45, 2.75) is 56.2 Å². The summed E-state index contributed by atoms with van der Waals surface area (Å²) in [6.07, 6.45) is 5.70. The van der Waals surface area contributed by atoms with Crippen LogP contribution in [-0.4, -0.2) is 46.5 Å². The Morgan fingerprint density at radius 3 is 2.79 bits per heavy atom. The molecule has 0 saturated carbocycles. The fourth-order valence-electron chi connectivity index (χ4n) is 4.73. The lowest BCUT2D eigenvalue weighted by molar-refractivity contribution is -0.120. The fourth-order valence-corrected chi connectivity index (χ4v) is 7.69. The fraction of sp³-hybridized carbons (Fsp3) is 0.458. The Hall–Kier alpha value is -2.56. The molecule has 4 heterocycles. The van der Waals surface area contributed by atoms with E-state index in [2.05, 4.69) is 20.1 Å². The summed E-state index contributed by atoms with van der Waals surface area (Å²) in [6, 6.07) is 11.1. The SMILES string of the molecule is Cc1ccc(S(=O)(=O)N2CCCC(C(=O)Nc3cccc(-c4nnc5n4CCCCC5)c3)C2)s1. The maximum absolute atomic E-state index is 13.1. The molecule has 5 rings (SSSR count). The molecule has 10 heteroatoms. The van der Waals surface area contributed by atoms with Gasteiger partial charge in [-0.25, -0.2) is 8.42 Å². The van der Waals surface area contributed by atoms with Crippen molar-refractivity contribution < 1.29 is 13.2 Å². The number of amides is 1. The topological polar surface area (TPSA) is 97.2 Å². The van der Waals surface area contributed by atoms with Gasteiger partial charge in [0, 0.05) is 42.2 Å². The number of nitrogens with zero attached hydrogens (tertiary/aromatic N) is 4. The van der Waals surface area contributed by atoms with E-state index in [4.69, 9.17) is 0 Å². The van der Waals surface area contributed by atoms with Crippen LogP contribution >= 0.6 is 11.3 Å². The van der Waals surface area contributed by atoms with E-state index in [1.54, 1.807) is 6.07 Å². The van der Waals surface area contributed by atoms with Crippen molar-refractivity contribution in [3.05, 3.63) is 47.1 Å². The molecule has 0 radical (unpaired) electrons. The van der Waals surface area contributed by atoms with Gasteiger partial charge in [-0.05, 0) is 56.9 Å². The monoisotopic (exact) mass is 499 g/mol. The standard InChI is InChI=1S/C24H29N5O3S2/c1-17-11-12-22(33-17)34(31,32)28-13-6-8-19(16-28)24(30)25-20-9-5-7-18(15-20)23-27-26-21-10-3-2-4-14-29(21)23/h5,7,9,11-12,15,19H,2-4,6,8,10,13-14,16H2,1H3,(H,25,30). The van der Waals surface area contributed by atoms with E-state index in [1.165, 1.54) is 22.1 Å². The van der Waals surface area contributed by atoms with Crippen LogP contribution in [0.2, 0.25) is 0 Å². The van der Waals surface area contributed by atoms with Gasteiger partial charge in [-0.3, -0.25) is 4.79 Å². The first-order valence-corrected chi connectivity index (χ1v) is 14.1. The molecule has 1 amide bonds. The van der Waals surface area contributed by atoms with Crippen molar-refractivity contribution in [1.82, 2.24) is 19.1 Å². The molecular formula is C24H29N5O3S2.